The molecule has 0 spiro atoms. The average Bonchev–Trinajstić information content (AvgIpc) is 3.23. The van der Waals surface area contributed by atoms with E-state index in [1.54, 1.807) is 30.3 Å². The van der Waals surface area contributed by atoms with Gasteiger partial charge in [0.15, 0.2) is 11.5 Å². The number of rotatable bonds is 4. The third-order valence-corrected chi connectivity index (χ3v) is 4.39. The Labute approximate surface area is 163 Å². The lowest BCUT2D eigenvalue weighted by Crippen LogP contribution is -2.23. The van der Waals surface area contributed by atoms with Crippen molar-refractivity contribution >= 4 is 33.7 Å². The zero-order valence-corrected chi connectivity index (χ0v) is 15.6. The number of hydrogen-bond acceptors (Lipinski definition) is 4. The summed E-state index contributed by atoms with van der Waals surface area (Å²) in [5.74, 6) is -1.04. The van der Waals surface area contributed by atoms with Gasteiger partial charge in [0.2, 0.25) is 11.7 Å². The number of nitrogens with zero attached hydrogens (tertiary/aromatic N) is 3. The molecule has 150 valence electrons. The molecule has 0 saturated heterocycles. The number of hydrogen-bond donors (Lipinski definition) is 1. The highest BCUT2D eigenvalue weighted by Gasteiger charge is 2.38. The molecule has 9 heteroatoms. The highest BCUT2D eigenvalue weighted by Crippen LogP contribution is 2.31. The van der Waals surface area contributed by atoms with Crippen LogP contribution in [-0.2, 0) is 17.5 Å². The van der Waals surface area contributed by atoms with Crippen LogP contribution in [0.25, 0.3) is 22.1 Å². The Balaban J connectivity index is 1.61. The first-order chi connectivity index (χ1) is 13.7. The van der Waals surface area contributed by atoms with Crippen LogP contribution < -0.4 is 5.32 Å². The molecule has 0 radical (unpaired) electrons. The first-order valence-corrected chi connectivity index (χ1v) is 8.95. The van der Waals surface area contributed by atoms with Crippen molar-refractivity contribution in [1.29, 1.82) is 0 Å². The van der Waals surface area contributed by atoms with Crippen LogP contribution in [-0.4, -0.2) is 20.4 Å². The minimum atomic E-state index is -4.67. The predicted octanol–water partition coefficient (Wildman–Crippen LogP) is 4.96. The van der Waals surface area contributed by atoms with E-state index in [0.29, 0.717) is 22.7 Å². The topological polar surface area (TPSA) is 73.0 Å². The summed E-state index contributed by atoms with van der Waals surface area (Å²) in [6, 6.07) is 11.1. The van der Waals surface area contributed by atoms with Gasteiger partial charge in [-0.25, -0.2) is 9.97 Å². The molecule has 2 aromatic heterocycles. The van der Waals surface area contributed by atoms with Crippen molar-refractivity contribution in [3.05, 3.63) is 54.2 Å². The van der Waals surface area contributed by atoms with Crippen LogP contribution in [0.5, 0.6) is 0 Å². The molecule has 0 aliphatic heterocycles. The van der Waals surface area contributed by atoms with Gasteiger partial charge in [-0.1, -0.05) is 26.0 Å². The Morgan fingerprint density at radius 3 is 2.62 bits per heavy atom. The summed E-state index contributed by atoms with van der Waals surface area (Å²) in [5, 5.41) is 2.62. The van der Waals surface area contributed by atoms with Crippen LogP contribution in [0.15, 0.2) is 46.9 Å². The van der Waals surface area contributed by atoms with E-state index in [1.165, 1.54) is 12.1 Å². The number of aromatic nitrogens is 3. The fraction of sp³-hybridized carbons (Fsp3) is 0.250. The molecule has 2 aromatic carbocycles. The summed E-state index contributed by atoms with van der Waals surface area (Å²) in [6.07, 6.45) is -4.67. The molecule has 0 atom stereocenters. The molecule has 0 aliphatic rings. The minimum absolute atomic E-state index is 0.107. The Kier molecular flexibility index (Phi) is 4.52. The summed E-state index contributed by atoms with van der Waals surface area (Å²) in [4.78, 5) is 20.5. The zero-order chi connectivity index (χ0) is 20.8. The maximum absolute atomic E-state index is 13.4. The van der Waals surface area contributed by atoms with Gasteiger partial charge >= 0.3 is 6.18 Å². The van der Waals surface area contributed by atoms with Crippen molar-refractivity contribution in [2.75, 3.05) is 5.32 Å². The van der Waals surface area contributed by atoms with E-state index >= 15 is 0 Å². The number of alkyl halides is 3. The van der Waals surface area contributed by atoms with Gasteiger partial charge < -0.3 is 14.3 Å². The van der Waals surface area contributed by atoms with Gasteiger partial charge in [-0.05, 0) is 30.3 Å². The average molecular weight is 402 g/mol. The van der Waals surface area contributed by atoms with Crippen molar-refractivity contribution in [3.8, 4) is 0 Å². The number of fused-ring (bicyclic) bond motifs is 2. The Bertz CT molecular complexity index is 1210. The monoisotopic (exact) mass is 402 g/mol. The Morgan fingerprint density at radius 1 is 1.14 bits per heavy atom. The van der Waals surface area contributed by atoms with Crippen molar-refractivity contribution in [2.45, 2.75) is 32.5 Å². The number of oxazole rings is 1. The molecule has 4 aromatic rings. The summed E-state index contributed by atoms with van der Waals surface area (Å²) in [6.45, 7) is 3.37. The van der Waals surface area contributed by atoms with Crippen LogP contribution in [0, 0.1) is 0 Å². The van der Waals surface area contributed by atoms with Gasteiger partial charge in [0.25, 0.3) is 0 Å². The number of carbonyl (C=O) groups is 1. The molecule has 0 fully saturated rings. The number of nitrogens with one attached hydrogen (secondary N) is 1. The van der Waals surface area contributed by atoms with Crippen LogP contribution in [0.4, 0.5) is 18.9 Å². The third kappa shape index (κ3) is 3.67. The standard InChI is InChI=1S/C20H17F3N4O2/c1-11(2)18-25-14-9-12(7-8-16(14)29-18)24-17(28)10-27-15-6-4-3-5-13(15)26-19(27)20(21,22)23/h3-9,11H,10H2,1-2H3,(H,24,28). The maximum Gasteiger partial charge on any atom is 0.449 e. The molecule has 2 heterocycles. The van der Waals surface area contributed by atoms with Crippen molar-refractivity contribution in [1.82, 2.24) is 14.5 Å². The fourth-order valence-electron chi connectivity index (χ4n) is 3.07. The molecular weight excluding hydrogens is 385 g/mol. The lowest BCUT2D eigenvalue weighted by Gasteiger charge is -2.11. The van der Waals surface area contributed by atoms with Crippen molar-refractivity contribution in [2.24, 2.45) is 0 Å². The Morgan fingerprint density at radius 2 is 1.90 bits per heavy atom. The number of anilines is 1. The first-order valence-electron chi connectivity index (χ1n) is 8.95. The molecule has 29 heavy (non-hydrogen) atoms. The number of halogens is 3. The smallest absolute Gasteiger partial charge is 0.440 e. The summed E-state index contributed by atoms with van der Waals surface area (Å²) >= 11 is 0. The number of amides is 1. The molecule has 0 bridgehead atoms. The van der Waals surface area contributed by atoms with Gasteiger partial charge in [-0.15, -0.1) is 0 Å². The second-order valence-corrected chi connectivity index (χ2v) is 6.95. The van der Waals surface area contributed by atoms with E-state index in [4.69, 9.17) is 4.42 Å². The molecule has 0 aliphatic carbocycles. The number of carbonyl (C=O) groups excluding carboxylic acids is 1. The second kappa shape index (κ2) is 6.91. The van der Waals surface area contributed by atoms with E-state index in [0.717, 1.165) is 4.57 Å². The van der Waals surface area contributed by atoms with E-state index < -0.39 is 24.5 Å². The maximum atomic E-state index is 13.4. The van der Waals surface area contributed by atoms with Gasteiger partial charge in [-0.2, -0.15) is 13.2 Å². The van der Waals surface area contributed by atoms with Gasteiger partial charge in [0, 0.05) is 11.6 Å². The second-order valence-electron chi connectivity index (χ2n) is 6.95. The highest BCUT2D eigenvalue weighted by atomic mass is 19.4. The van der Waals surface area contributed by atoms with E-state index in [2.05, 4.69) is 15.3 Å². The molecule has 1 amide bonds. The molecule has 6 nitrogen and oxygen atoms in total. The van der Waals surface area contributed by atoms with E-state index in [1.807, 2.05) is 13.8 Å². The quantitative estimate of drug-likeness (QED) is 0.524. The zero-order valence-electron chi connectivity index (χ0n) is 15.6. The van der Waals surface area contributed by atoms with E-state index in [9.17, 15) is 18.0 Å². The van der Waals surface area contributed by atoms with Gasteiger partial charge in [0.05, 0.1) is 11.0 Å². The lowest BCUT2D eigenvalue weighted by atomic mass is 10.2. The largest absolute Gasteiger partial charge is 0.449 e. The van der Waals surface area contributed by atoms with E-state index in [-0.39, 0.29) is 17.0 Å². The summed E-state index contributed by atoms with van der Waals surface area (Å²) < 4.78 is 46.6. The summed E-state index contributed by atoms with van der Waals surface area (Å²) in [7, 11) is 0. The molecule has 0 unspecified atom stereocenters. The molecule has 4 rings (SSSR count). The van der Waals surface area contributed by atoms with Crippen LogP contribution in [0.2, 0.25) is 0 Å². The molecule has 0 saturated carbocycles. The highest BCUT2D eigenvalue weighted by molar-refractivity contribution is 5.93. The number of para-hydroxylation sites is 2. The van der Waals surface area contributed by atoms with Crippen LogP contribution >= 0.6 is 0 Å². The summed E-state index contributed by atoms with van der Waals surface area (Å²) in [5.41, 5.74) is 1.98. The Hall–Kier alpha value is -3.36. The first kappa shape index (κ1) is 19.0. The number of benzene rings is 2. The van der Waals surface area contributed by atoms with Crippen LogP contribution in [0.3, 0.4) is 0 Å². The minimum Gasteiger partial charge on any atom is -0.440 e. The van der Waals surface area contributed by atoms with Crippen molar-refractivity contribution in [3.63, 3.8) is 0 Å². The van der Waals surface area contributed by atoms with Gasteiger partial charge in [0.1, 0.15) is 12.1 Å². The van der Waals surface area contributed by atoms with Crippen molar-refractivity contribution < 1.29 is 22.4 Å². The fourth-order valence-corrected chi connectivity index (χ4v) is 3.07. The SMILES string of the molecule is CC(C)c1nc2cc(NC(=O)Cn3c(C(F)(F)F)nc4ccccc43)ccc2o1. The normalized spacial score (nSPS) is 12.2. The molecular formula is C20H17F3N4O2. The predicted molar refractivity (Wildman–Crippen MR) is 101 cm³/mol. The molecule has 1 N–H and O–H groups in total. The number of imidazole rings is 1. The lowest BCUT2D eigenvalue weighted by molar-refractivity contribution is -0.147. The van der Waals surface area contributed by atoms with Crippen LogP contribution in [0.1, 0.15) is 31.5 Å². The van der Waals surface area contributed by atoms with Gasteiger partial charge in [-0.3, -0.25) is 4.79 Å². The third-order valence-electron chi connectivity index (χ3n) is 4.39.